The molecule has 4 aromatic rings. The Hall–Kier alpha value is -4.26. The first-order valence-electron chi connectivity index (χ1n) is 12.1. The Labute approximate surface area is 209 Å². The quantitative estimate of drug-likeness (QED) is 0.325. The summed E-state index contributed by atoms with van der Waals surface area (Å²) in [4.78, 5) is 30.3. The standard InChI is InChI=1S/C29H28N2O5/c1-2-13-30(29(33)24-11-10-22-6-3-4-7-23(22)16-24)19-28(32)31(18-25-8-5-14-34-25)17-21-9-12-26-27(15-21)36-20-35-26/h3-12,14-16H,2,13,17-20H2,1H3. The predicted molar refractivity (Wildman–Crippen MR) is 136 cm³/mol. The van der Waals surface area contributed by atoms with Crippen LogP contribution in [-0.2, 0) is 17.9 Å². The average Bonchev–Trinajstić information content (AvgIpc) is 3.59. The molecule has 36 heavy (non-hydrogen) atoms. The summed E-state index contributed by atoms with van der Waals surface area (Å²) in [6, 6.07) is 22.9. The summed E-state index contributed by atoms with van der Waals surface area (Å²) in [5, 5.41) is 2.06. The molecule has 0 N–H and O–H groups in total. The molecule has 5 rings (SSSR count). The fourth-order valence-electron chi connectivity index (χ4n) is 4.37. The first kappa shape index (κ1) is 23.5. The van der Waals surface area contributed by atoms with Crippen LogP contribution in [0.3, 0.4) is 0 Å². The molecule has 3 aromatic carbocycles. The SMILES string of the molecule is CCCN(CC(=O)N(Cc1ccc2c(c1)OCO2)Cc1ccco1)C(=O)c1ccc2ccccc2c1. The molecule has 0 spiro atoms. The Morgan fingerprint density at radius 2 is 1.67 bits per heavy atom. The molecule has 0 aliphatic carbocycles. The Morgan fingerprint density at radius 1 is 0.833 bits per heavy atom. The van der Waals surface area contributed by atoms with Crippen LogP contribution in [0.25, 0.3) is 10.8 Å². The van der Waals surface area contributed by atoms with Gasteiger partial charge in [-0.25, -0.2) is 0 Å². The number of rotatable bonds is 9. The van der Waals surface area contributed by atoms with Crippen LogP contribution in [0, 0.1) is 0 Å². The number of carbonyl (C=O) groups excluding carboxylic acids is 2. The molecular formula is C29H28N2O5. The zero-order chi connectivity index (χ0) is 24.9. The zero-order valence-electron chi connectivity index (χ0n) is 20.2. The number of fused-ring (bicyclic) bond motifs is 2. The van der Waals surface area contributed by atoms with Gasteiger partial charge in [-0.3, -0.25) is 9.59 Å². The van der Waals surface area contributed by atoms with E-state index in [1.165, 1.54) is 0 Å². The van der Waals surface area contributed by atoms with Crippen molar-refractivity contribution in [3.8, 4) is 11.5 Å². The van der Waals surface area contributed by atoms with E-state index in [0.717, 1.165) is 22.8 Å². The second kappa shape index (κ2) is 10.6. The van der Waals surface area contributed by atoms with Gasteiger partial charge in [0.25, 0.3) is 5.91 Å². The maximum atomic E-state index is 13.6. The monoisotopic (exact) mass is 484 g/mol. The van der Waals surface area contributed by atoms with Crippen LogP contribution in [0.1, 0.15) is 35.0 Å². The molecule has 1 aliphatic rings. The highest BCUT2D eigenvalue weighted by Crippen LogP contribution is 2.33. The first-order chi connectivity index (χ1) is 17.6. The van der Waals surface area contributed by atoms with Crippen LogP contribution >= 0.6 is 0 Å². The van der Waals surface area contributed by atoms with Gasteiger partial charge in [0, 0.05) is 18.7 Å². The lowest BCUT2D eigenvalue weighted by atomic mass is 10.1. The van der Waals surface area contributed by atoms with Gasteiger partial charge in [0.05, 0.1) is 12.8 Å². The minimum absolute atomic E-state index is 0.0231. The van der Waals surface area contributed by atoms with E-state index in [1.54, 1.807) is 22.1 Å². The Bertz CT molecular complexity index is 1370. The van der Waals surface area contributed by atoms with Crippen molar-refractivity contribution in [2.75, 3.05) is 19.9 Å². The second-order valence-electron chi connectivity index (χ2n) is 8.81. The van der Waals surface area contributed by atoms with E-state index >= 15 is 0 Å². The molecule has 7 nitrogen and oxygen atoms in total. The fraction of sp³-hybridized carbons (Fsp3) is 0.241. The van der Waals surface area contributed by atoms with Crippen LogP contribution in [-0.4, -0.2) is 41.5 Å². The zero-order valence-corrected chi connectivity index (χ0v) is 20.2. The highest BCUT2D eigenvalue weighted by molar-refractivity contribution is 6.00. The summed E-state index contributed by atoms with van der Waals surface area (Å²) in [6.45, 7) is 3.29. The van der Waals surface area contributed by atoms with Crippen molar-refractivity contribution in [1.82, 2.24) is 9.80 Å². The van der Waals surface area contributed by atoms with Crippen LogP contribution in [0.2, 0.25) is 0 Å². The fourth-order valence-corrected chi connectivity index (χ4v) is 4.37. The van der Waals surface area contributed by atoms with Crippen molar-refractivity contribution in [1.29, 1.82) is 0 Å². The van der Waals surface area contributed by atoms with Crippen LogP contribution in [0.15, 0.2) is 83.5 Å². The van der Waals surface area contributed by atoms with Crippen molar-refractivity contribution in [3.63, 3.8) is 0 Å². The largest absolute Gasteiger partial charge is 0.467 e. The molecule has 0 fully saturated rings. The molecule has 7 heteroatoms. The minimum Gasteiger partial charge on any atom is -0.467 e. The third kappa shape index (κ3) is 5.20. The third-order valence-corrected chi connectivity index (χ3v) is 6.19. The summed E-state index contributed by atoms with van der Waals surface area (Å²) in [5.41, 5.74) is 1.48. The first-order valence-corrected chi connectivity index (χ1v) is 12.1. The summed E-state index contributed by atoms with van der Waals surface area (Å²) < 4.78 is 16.4. The van der Waals surface area contributed by atoms with Crippen molar-refractivity contribution < 1.29 is 23.5 Å². The predicted octanol–water partition coefficient (Wildman–Crippen LogP) is 5.24. The van der Waals surface area contributed by atoms with Gasteiger partial charge in [-0.1, -0.05) is 43.3 Å². The Kier molecular flexibility index (Phi) is 6.89. The molecule has 1 aliphatic heterocycles. The molecule has 0 saturated carbocycles. The average molecular weight is 485 g/mol. The normalized spacial score (nSPS) is 12.0. The molecule has 0 radical (unpaired) electrons. The summed E-state index contributed by atoms with van der Waals surface area (Å²) >= 11 is 0. The molecule has 0 bridgehead atoms. The molecule has 1 aromatic heterocycles. The maximum Gasteiger partial charge on any atom is 0.254 e. The van der Waals surface area contributed by atoms with E-state index in [-0.39, 0.29) is 25.2 Å². The molecule has 0 unspecified atom stereocenters. The van der Waals surface area contributed by atoms with E-state index in [0.29, 0.717) is 42.5 Å². The van der Waals surface area contributed by atoms with Gasteiger partial charge in [0.2, 0.25) is 12.7 Å². The summed E-state index contributed by atoms with van der Waals surface area (Å²) in [6.07, 6.45) is 2.33. The number of hydrogen-bond acceptors (Lipinski definition) is 5. The third-order valence-electron chi connectivity index (χ3n) is 6.19. The van der Waals surface area contributed by atoms with Crippen molar-refractivity contribution in [3.05, 3.63) is 95.9 Å². The maximum absolute atomic E-state index is 13.6. The smallest absolute Gasteiger partial charge is 0.254 e. The molecule has 2 amide bonds. The van der Waals surface area contributed by atoms with Gasteiger partial charge in [-0.2, -0.15) is 0 Å². The number of furan rings is 1. The van der Waals surface area contributed by atoms with Gasteiger partial charge in [-0.05, 0) is 59.2 Å². The van der Waals surface area contributed by atoms with Gasteiger partial charge in [0.15, 0.2) is 11.5 Å². The van der Waals surface area contributed by atoms with E-state index in [2.05, 4.69) is 0 Å². The molecule has 0 atom stereocenters. The van der Waals surface area contributed by atoms with Crippen LogP contribution in [0.5, 0.6) is 11.5 Å². The van der Waals surface area contributed by atoms with E-state index in [1.807, 2.05) is 73.7 Å². The Balaban J connectivity index is 1.36. The van der Waals surface area contributed by atoms with Crippen molar-refractivity contribution in [2.24, 2.45) is 0 Å². The van der Waals surface area contributed by atoms with Crippen LogP contribution in [0.4, 0.5) is 0 Å². The highest BCUT2D eigenvalue weighted by atomic mass is 16.7. The minimum atomic E-state index is -0.161. The molecule has 2 heterocycles. The van der Waals surface area contributed by atoms with Crippen molar-refractivity contribution >= 4 is 22.6 Å². The summed E-state index contributed by atoms with van der Waals surface area (Å²) in [5.74, 6) is 1.71. The van der Waals surface area contributed by atoms with Gasteiger partial charge >= 0.3 is 0 Å². The van der Waals surface area contributed by atoms with Gasteiger partial charge in [-0.15, -0.1) is 0 Å². The van der Waals surface area contributed by atoms with Gasteiger partial charge < -0.3 is 23.7 Å². The topological polar surface area (TPSA) is 72.2 Å². The summed E-state index contributed by atoms with van der Waals surface area (Å²) in [7, 11) is 0. The number of amides is 2. The van der Waals surface area contributed by atoms with Crippen molar-refractivity contribution in [2.45, 2.75) is 26.4 Å². The Morgan fingerprint density at radius 3 is 2.47 bits per heavy atom. The molecular weight excluding hydrogens is 456 g/mol. The second-order valence-corrected chi connectivity index (χ2v) is 8.81. The van der Waals surface area contributed by atoms with E-state index in [4.69, 9.17) is 13.9 Å². The number of carbonyl (C=O) groups is 2. The number of benzene rings is 3. The highest BCUT2D eigenvalue weighted by Gasteiger charge is 2.24. The lowest BCUT2D eigenvalue weighted by Gasteiger charge is -2.27. The van der Waals surface area contributed by atoms with E-state index in [9.17, 15) is 9.59 Å². The van der Waals surface area contributed by atoms with Crippen LogP contribution < -0.4 is 9.47 Å². The van der Waals surface area contributed by atoms with E-state index < -0.39 is 0 Å². The molecule has 0 saturated heterocycles. The lowest BCUT2D eigenvalue weighted by molar-refractivity contribution is -0.133. The van der Waals surface area contributed by atoms with Gasteiger partial charge in [0.1, 0.15) is 12.3 Å². The number of hydrogen-bond donors (Lipinski definition) is 0. The number of nitrogens with zero attached hydrogens (tertiary/aromatic N) is 2. The number of ether oxygens (including phenoxy) is 2. The lowest BCUT2D eigenvalue weighted by Crippen LogP contribution is -2.42. The molecule has 184 valence electrons.